The standard InChI is InChI=1S/C8H13N3O2S.ClH/c1-9-5-6-11-14(12,13)8-3-2-4-10-7-8;/h2-4,7,9,11H,5-6H2,1H3;1H. The number of halogens is 1. The second-order valence-corrected chi connectivity index (χ2v) is 4.46. The van der Waals surface area contributed by atoms with Gasteiger partial charge in [-0.15, -0.1) is 12.4 Å². The molecule has 0 aliphatic carbocycles. The van der Waals surface area contributed by atoms with Crippen molar-refractivity contribution in [1.29, 1.82) is 0 Å². The van der Waals surface area contributed by atoms with Gasteiger partial charge in [-0.1, -0.05) is 0 Å². The zero-order valence-electron chi connectivity index (χ0n) is 8.30. The average molecular weight is 252 g/mol. The molecule has 1 heterocycles. The second kappa shape index (κ2) is 6.73. The Morgan fingerprint density at radius 1 is 1.40 bits per heavy atom. The van der Waals surface area contributed by atoms with Crippen LogP contribution in [0.4, 0.5) is 0 Å². The number of rotatable bonds is 5. The normalized spacial score (nSPS) is 10.7. The monoisotopic (exact) mass is 251 g/mol. The lowest BCUT2D eigenvalue weighted by atomic mass is 10.5. The van der Waals surface area contributed by atoms with E-state index in [1.165, 1.54) is 18.5 Å². The molecule has 5 nitrogen and oxygen atoms in total. The van der Waals surface area contributed by atoms with Crippen LogP contribution in [-0.4, -0.2) is 33.5 Å². The fourth-order valence-electron chi connectivity index (χ4n) is 0.900. The van der Waals surface area contributed by atoms with Crippen molar-refractivity contribution < 1.29 is 8.42 Å². The minimum Gasteiger partial charge on any atom is -0.318 e. The van der Waals surface area contributed by atoms with Crippen molar-refractivity contribution in [2.24, 2.45) is 0 Å². The van der Waals surface area contributed by atoms with Crippen LogP contribution in [0.2, 0.25) is 0 Å². The number of hydrogen-bond acceptors (Lipinski definition) is 4. The Morgan fingerprint density at radius 3 is 2.67 bits per heavy atom. The van der Waals surface area contributed by atoms with E-state index >= 15 is 0 Å². The zero-order valence-corrected chi connectivity index (χ0v) is 9.94. The molecule has 2 N–H and O–H groups in total. The molecule has 0 aliphatic heterocycles. The maximum atomic E-state index is 11.5. The molecule has 0 fully saturated rings. The number of sulfonamides is 1. The molecule has 0 radical (unpaired) electrons. The van der Waals surface area contributed by atoms with Crippen molar-refractivity contribution in [2.75, 3.05) is 20.1 Å². The Morgan fingerprint density at radius 2 is 2.13 bits per heavy atom. The van der Waals surface area contributed by atoms with E-state index < -0.39 is 10.0 Å². The largest absolute Gasteiger partial charge is 0.318 e. The maximum Gasteiger partial charge on any atom is 0.242 e. The zero-order chi connectivity index (χ0) is 10.4. The molecular weight excluding hydrogens is 238 g/mol. The number of aromatic nitrogens is 1. The van der Waals surface area contributed by atoms with E-state index in [0.717, 1.165) is 0 Å². The molecule has 0 spiro atoms. The van der Waals surface area contributed by atoms with E-state index in [1.807, 2.05) is 0 Å². The third kappa shape index (κ3) is 4.57. The van der Waals surface area contributed by atoms with Gasteiger partial charge in [-0.2, -0.15) is 0 Å². The minimum atomic E-state index is -3.39. The summed E-state index contributed by atoms with van der Waals surface area (Å²) in [7, 11) is -1.62. The summed E-state index contributed by atoms with van der Waals surface area (Å²) < 4.78 is 25.5. The van der Waals surface area contributed by atoms with Gasteiger partial charge < -0.3 is 5.32 Å². The van der Waals surface area contributed by atoms with Gasteiger partial charge in [-0.25, -0.2) is 13.1 Å². The predicted molar refractivity (Wildman–Crippen MR) is 60.6 cm³/mol. The summed E-state index contributed by atoms with van der Waals surface area (Å²) >= 11 is 0. The second-order valence-electron chi connectivity index (χ2n) is 2.69. The van der Waals surface area contributed by atoms with Gasteiger partial charge in [0.15, 0.2) is 0 Å². The fraction of sp³-hybridized carbons (Fsp3) is 0.375. The molecule has 0 saturated heterocycles. The quantitative estimate of drug-likeness (QED) is 0.723. The van der Waals surface area contributed by atoms with Crippen LogP contribution in [-0.2, 0) is 10.0 Å². The van der Waals surface area contributed by atoms with Crippen molar-refractivity contribution in [3.05, 3.63) is 24.5 Å². The van der Waals surface area contributed by atoms with E-state index in [1.54, 1.807) is 13.1 Å². The van der Waals surface area contributed by atoms with Gasteiger partial charge >= 0.3 is 0 Å². The summed E-state index contributed by atoms with van der Waals surface area (Å²) in [5.74, 6) is 0. The van der Waals surface area contributed by atoms with Gasteiger partial charge in [0.1, 0.15) is 4.90 Å². The van der Waals surface area contributed by atoms with Crippen molar-refractivity contribution in [1.82, 2.24) is 15.0 Å². The van der Waals surface area contributed by atoms with Crippen LogP contribution in [0.25, 0.3) is 0 Å². The Balaban J connectivity index is 0.00000196. The molecule has 86 valence electrons. The summed E-state index contributed by atoms with van der Waals surface area (Å²) in [6, 6.07) is 3.10. The summed E-state index contributed by atoms with van der Waals surface area (Å²) in [6.07, 6.45) is 2.86. The number of hydrogen-bond donors (Lipinski definition) is 2. The van der Waals surface area contributed by atoms with Gasteiger partial charge in [0.05, 0.1) is 0 Å². The Hall–Kier alpha value is -0.690. The van der Waals surface area contributed by atoms with Crippen molar-refractivity contribution in [3.63, 3.8) is 0 Å². The molecule has 0 saturated carbocycles. The number of pyridine rings is 1. The van der Waals surface area contributed by atoms with Crippen molar-refractivity contribution in [3.8, 4) is 0 Å². The first-order valence-corrected chi connectivity index (χ1v) is 5.69. The number of nitrogens with one attached hydrogen (secondary N) is 2. The summed E-state index contributed by atoms with van der Waals surface area (Å²) in [5, 5.41) is 2.85. The lowest BCUT2D eigenvalue weighted by molar-refractivity contribution is 0.579. The Kier molecular flexibility index (Phi) is 6.42. The molecule has 0 amide bonds. The van der Waals surface area contributed by atoms with Crippen LogP contribution >= 0.6 is 12.4 Å². The highest BCUT2D eigenvalue weighted by Crippen LogP contribution is 2.04. The van der Waals surface area contributed by atoms with Crippen LogP contribution in [0.3, 0.4) is 0 Å². The van der Waals surface area contributed by atoms with E-state index in [2.05, 4.69) is 15.0 Å². The molecule has 0 bridgehead atoms. The molecule has 1 aromatic rings. The van der Waals surface area contributed by atoms with Crippen molar-refractivity contribution >= 4 is 22.4 Å². The first-order valence-electron chi connectivity index (χ1n) is 4.21. The molecule has 0 unspecified atom stereocenters. The summed E-state index contributed by atoms with van der Waals surface area (Å²) in [4.78, 5) is 3.94. The van der Waals surface area contributed by atoms with Gasteiger partial charge in [0.2, 0.25) is 10.0 Å². The van der Waals surface area contributed by atoms with Gasteiger partial charge in [-0.05, 0) is 19.2 Å². The predicted octanol–water partition coefficient (Wildman–Crippen LogP) is 0.00110. The van der Waals surface area contributed by atoms with Gasteiger partial charge in [-0.3, -0.25) is 4.98 Å². The third-order valence-electron chi connectivity index (χ3n) is 1.61. The molecule has 0 atom stereocenters. The highest BCUT2D eigenvalue weighted by molar-refractivity contribution is 7.89. The Labute approximate surface area is 95.8 Å². The highest BCUT2D eigenvalue weighted by atomic mass is 35.5. The van der Waals surface area contributed by atoms with E-state index in [-0.39, 0.29) is 17.3 Å². The smallest absolute Gasteiger partial charge is 0.242 e. The van der Waals surface area contributed by atoms with E-state index in [9.17, 15) is 8.42 Å². The lowest BCUT2D eigenvalue weighted by Crippen LogP contribution is -2.30. The summed E-state index contributed by atoms with van der Waals surface area (Å²) in [6.45, 7) is 0.965. The van der Waals surface area contributed by atoms with Gasteiger partial charge in [0, 0.05) is 25.5 Å². The number of likely N-dealkylation sites (N-methyl/N-ethyl adjacent to an activating group) is 1. The SMILES string of the molecule is CNCCNS(=O)(=O)c1cccnc1.Cl. The van der Waals surface area contributed by atoms with Gasteiger partial charge in [0.25, 0.3) is 0 Å². The van der Waals surface area contributed by atoms with Crippen LogP contribution in [0.5, 0.6) is 0 Å². The summed E-state index contributed by atoms with van der Waals surface area (Å²) in [5.41, 5.74) is 0. The topological polar surface area (TPSA) is 71.1 Å². The molecule has 0 aromatic carbocycles. The van der Waals surface area contributed by atoms with Crippen LogP contribution in [0.15, 0.2) is 29.4 Å². The first-order chi connectivity index (χ1) is 6.67. The minimum absolute atomic E-state index is 0. The molecule has 0 aliphatic rings. The molecule has 15 heavy (non-hydrogen) atoms. The number of nitrogens with zero attached hydrogens (tertiary/aromatic N) is 1. The molecule has 7 heteroatoms. The van der Waals surface area contributed by atoms with E-state index in [4.69, 9.17) is 0 Å². The fourth-order valence-corrected chi connectivity index (χ4v) is 1.89. The van der Waals surface area contributed by atoms with Crippen molar-refractivity contribution in [2.45, 2.75) is 4.90 Å². The van der Waals surface area contributed by atoms with Crippen LogP contribution < -0.4 is 10.0 Å². The molecule has 1 aromatic heterocycles. The highest BCUT2D eigenvalue weighted by Gasteiger charge is 2.11. The first kappa shape index (κ1) is 14.3. The third-order valence-corrected chi connectivity index (χ3v) is 3.06. The van der Waals surface area contributed by atoms with Crippen LogP contribution in [0, 0.1) is 0 Å². The molecular formula is C8H14ClN3O2S. The van der Waals surface area contributed by atoms with E-state index in [0.29, 0.717) is 13.1 Å². The molecule has 1 rings (SSSR count). The Bertz CT molecular complexity index is 369. The lowest BCUT2D eigenvalue weighted by Gasteiger charge is -2.05. The van der Waals surface area contributed by atoms with Crippen LogP contribution in [0.1, 0.15) is 0 Å². The maximum absolute atomic E-state index is 11.5. The average Bonchev–Trinajstić information content (AvgIpc) is 2.19.